The zero-order valence-corrected chi connectivity index (χ0v) is 11.2. The van der Waals surface area contributed by atoms with E-state index in [2.05, 4.69) is 10.6 Å². The van der Waals surface area contributed by atoms with Gasteiger partial charge in [-0.2, -0.15) is 0 Å². The lowest BCUT2D eigenvalue weighted by Gasteiger charge is -2.19. The van der Waals surface area contributed by atoms with Gasteiger partial charge in [0.05, 0.1) is 6.54 Å². The van der Waals surface area contributed by atoms with Gasteiger partial charge in [-0.15, -0.1) is 0 Å². The molecule has 0 aliphatic carbocycles. The minimum Gasteiger partial charge on any atom is -0.322 e. The molecule has 2 heterocycles. The molecule has 1 spiro atoms. The van der Waals surface area contributed by atoms with Crippen molar-refractivity contribution in [1.82, 2.24) is 15.5 Å². The van der Waals surface area contributed by atoms with Crippen LogP contribution >= 0.6 is 0 Å². The molecule has 0 saturated carbocycles. The van der Waals surface area contributed by atoms with E-state index in [1.165, 1.54) is 17.0 Å². The molecule has 0 radical (unpaired) electrons. The molecule has 2 saturated heterocycles. The van der Waals surface area contributed by atoms with Gasteiger partial charge in [-0.25, -0.2) is 9.18 Å². The van der Waals surface area contributed by atoms with Crippen molar-refractivity contribution in [2.75, 3.05) is 13.1 Å². The quantitative estimate of drug-likeness (QED) is 0.790. The second-order valence-electron chi connectivity index (χ2n) is 5.40. The van der Waals surface area contributed by atoms with E-state index >= 15 is 0 Å². The molecule has 2 aliphatic heterocycles. The van der Waals surface area contributed by atoms with Crippen molar-refractivity contribution in [1.29, 1.82) is 0 Å². The van der Waals surface area contributed by atoms with Crippen LogP contribution in [0.1, 0.15) is 17.5 Å². The first-order valence-electron chi connectivity index (χ1n) is 6.62. The Balaban J connectivity index is 1.86. The number of halogens is 1. The highest BCUT2D eigenvalue weighted by Crippen LogP contribution is 2.26. The van der Waals surface area contributed by atoms with Gasteiger partial charge >= 0.3 is 6.03 Å². The topological polar surface area (TPSA) is 61.4 Å². The standard InChI is InChI=1S/C14H16FN3O2/c1-9-2-3-11(15)6-10(9)7-18-12(19)14(17-13(18)20)4-5-16-8-14/h2-3,6,16H,4-5,7-8H2,1H3,(H,17,20). The number of benzene rings is 1. The summed E-state index contributed by atoms with van der Waals surface area (Å²) in [5, 5.41) is 5.85. The number of urea groups is 1. The van der Waals surface area contributed by atoms with Crippen molar-refractivity contribution < 1.29 is 14.0 Å². The normalized spacial score (nSPS) is 25.6. The van der Waals surface area contributed by atoms with Crippen LogP contribution in [0.5, 0.6) is 0 Å². The Hall–Kier alpha value is -1.95. The van der Waals surface area contributed by atoms with Crippen LogP contribution in [0.4, 0.5) is 9.18 Å². The van der Waals surface area contributed by atoms with Crippen molar-refractivity contribution in [2.45, 2.75) is 25.4 Å². The maximum Gasteiger partial charge on any atom is 0.325 e. The molecule has 106 valence electrons. The van der Waals surface area contributed by atoms with E-state index in [1.54, 1.807) is 6.07 Å². The molecule has 2 N–H and O–H groups in total. The van der Waals surface area contributed by atoms with Crippen LogP contribution in [-0.2, 0) is 11.3 Å². The highest BCUT2D eigenvalue weighted by Gasteiger charge is 2.52. The second kappa shape index (κ2) is 4.56. The number of nitrogens with zero attached hydrogens (tertiary/aromatic N) is 1. The van der Waals surface area contributed by atoms with Crippen LogP contribution in [0, 0.1) is 12.7 Å². The van der Waals surface area contributed by atoms with Crippen molar-refractivity contribution >= 4 is 11.9 Å². The highest BCUT2D eigenvalue weighted by molar-refractivity contribution is 6.07. The van der Waals surface area contributed by atoms with E-state index in [9.17, 15) is 14.0 Å². The average Bonchev–Trinajstić information content (AvgIpc) is 2.96. The van der Waals surface area contributed by atoms with Gasteiger partial charge in [0.25, 0.3) is 5.91 Å². The first-order chi connectivity index (χ1) is 9.52. The van der Waals surface area contributed by atoms with E-state index in [1.807, 2.05) is 6.92 Å². The van der Waals surface area contributed by atoms with E-state index in [0.29, 0.717) is 25.1 Å². The number of hydrogen-bond acceptors (Lipinski definition) is 3. The largest absolute Gasteiger partial charge is 0.325 e. The number of carbonyl (C=O) groups is 2. The van der Waals surface area contributed by atoms with E-state index < -0.39 is 11.6 Å². The maximum atomic E-state index is 13.3. The summed E-state index contributed by atoms with van der Waals surface area (Å²) >= 11 is 0. The summed E-state index contributed by atoms with van der Waals surface area (Å²) in [7, 11) is 0. The molecule has 1 unspecified atom stereocenters. The summed E-state index contributed by atoms with van der Waals surface area (Å²) in [5.74, 6) is -0.592. The Morgan fingerprint density at radius 1 is 1.40 bits per heavy atom. The van der Waals surface area contributed by atoms with Crippen LogP contribution in [0.3, 0.4) is 0 Å². The predicted octanol–water partition coefficient (Wildman–Crippen LogP) is 0.918. The zero-order chi connectivity index (χ0) is 14.3. The number of nitrogens with one attached hydrogen (secondary N) is 2. The molecular weight excluding hydrogens is 261 g/mol. The fourth-order valence-electron chi connectivity index (χ4n) is 2.78. The lowest BCUT2D eigenvalue weighted by Crippen LogP contribution is -2.48. The Kier molecular flexibility index (Phi) is 2.97. The summed E-state index contributed by atoms with van der Waals surface area (Å²) in [6.45, 7) is 3.10. The molecule has 2 fully saturated rings. The molecule has 3 amide bonds. The molecule has 3 rings (SSSR count). The van der Waals surface area contributed by atoms with Crippen LogP contribution in [0.25, 0.3) is 0 Å². The summed E-state index contributed by atoms with van der Waals surface area (Å²) < 4.78 is 13.3. The van der Waals surface area contributed by atoms with Crippen LogP contribution in [-0.4, -0.2) is 35.5 Å². The Labute approximate surface area is 116 Å². The summed E-state index contributed by atoms with van der Waals surface area (Å²) in [4.78, 5) is 25.6. The fraction of sp³-hybridized carbons (Fsp3) is 0.429. The monoisotopic (exact) mass is 277 g/mol. The average molecular weight is 277 g/mol. The molecule has 5 nitrogen and oxygen atoms in total. The number of hydrogen-bond donors (Lipinski definition) is 2. The van der Waals surface area contributed by atoms with Gasteiger partial charge in [-0.1, -0.05) is 6.07 Å². The molecule has 2 aliphatic rings. The fourth-order valence-corrected chi connectivity index (χ4v) is 2.78. The number of rotatable bonds is 2. The molecule has 1 aromatic rings. The molecule has 6 heteroatoms. The van der Waals surface area contributed by atoms with Crippen molar-refractivity contribution in [2.24, 2.45) is 0 Å². The van der Waals surface area contributed by atoms with E-state index in [4.69, 9.17) is 0 Å². The lowest BCUT2D eigenvalue weighted by molar-refractivity contribution is -0.131. The molecule has 20 heavy (non-hydrogen) atoms. The minimum absolute atomic E-state index is 0.107. The summed E-state index contributed by atoms with van der Waals surface area (Å²) in [6.07, 6.45) is 0.593. The zero-order valence-electron chi connectivity index (χ0n) is 11.2. The molecule has 0 aromatic heterocycles. The van der Waals surface area contributed by atoms with Gasteiger partial charge in [0, 0.05) is 6.54 Å². The van der Waals surface area contributed by atoms with Crippen molar-refractivity contribution in [3.05, 3.63) is 35.1 Å². The van der Waals surface area contributed by atoms with Gasteiger partial charge in [0.2, 0.25) is 0 Å². The number of amides is 3. The molecule has 1 atom stereocenters. The molecule has 0 bridgehead atoms. The van der Waals surface area contributed by atoms with Crippen LogP contribution < -0.4 is 10.6 Å². The Morgan fingerprint density at radius 2 is 2.20 bits per heavy atom. The summed E-state index contributed by atoms with van der Waals surface area (Å²) in [5.41, 5.74) is 0.701. The van der Waals surface area contributed by atoms with E-state index in [0.717, 1.165) is 5.56 Å². The van der Waals surface area contributed by atoms with Crippen LogP contribution in [0.2, 0.25) is 0 Å². The maximum absolute atomic E-state index is 13.3. The third-order valence-corrected chi connectivity index (χ3v) is 4.04. The third kappa shape index (κ3) is 1.96. The first-order valence-corrected chi connectivity index (χ1v) is 6.62. The van der Waals surface area contributed by atoms with Gasteiger partial charge in [-0.05, 0) is 43.1 Å². The Bertz CT molecular complexity index is 582. The first kappa shape index (κ1) is 13.1. The third-order valence-electron chi connectivity index (χ3n) is 4.04. The molecule has 1 aromatic carbocycles. The van der Waals surface area contributed by atoms with Crippen molar-refractivity contribution in [3.8, 4) is 0 Å². The highest BCUT2D eigenvalue weighted by atomic mass is 19.1. The van der Waals surface area contributed by atoms with Gasteiger partial charge in [-0.3, -0.25) is 9.69 Å². The minimum atomic E-state index is -0.807. The van der Waals surface area contributed by atoms with Crippen LogP contribution in [0.15, 0.2) is 18.2 Å². The summed E-state index contributed by atoms with van der Waals surface area (Å²) in [6, 6.07) is 3.99. The van der Waals surface area contributed by atoms with Gasteiger partial charge in [0.15, 0.2) is 0 Å². The number of carbonyl (C=O) groups excluding carboxylic acids is 2. The predicted molar refractivity (Wildman–Crippen MR) is 70.4 cm³/mol. The number of aryl methyl sites for hydroxylation is 1. The van der Waals surface area contributed by atoms with Gasteiger partial charge in [0.1, 0.15) is 11.4 Å². The lowest BCUT2D eigenvalue weighted by atomic mass is 9.99. The Morgan fingerprint density at radius 3 is 2.90 bits per heavy atom. The van der Waals surface area contributed by atoms with Gasteiger partial charge < -0.3 is 10.6 Å². The van der Waals surface area contributed by atoms with Crippen molar-refractivity contribution in [3.63, 3.8) is 0 Å². The molecular formula is C14H16FN3O2. The SMILES string of the molecule is Cc1ccc(F)cc1CN1C(=O)NC2(CCNC2)C1=O. The van der Waals surface area contributed by atoms with E-state index in [-0.39, 0.29) is 18.3 Å². The smallest absolute Gasteiger partial charge is 0.322 e. The second-order valence-corrected chi connectivity index (χ2v) is 5.40. The number of imide groups is 1.